The third-order valence-corrected chi connectivity index (χ3v) is 21.1. The molecule has 2 heterocycles. The molecule has 0 atom stereocenters. The monoisotopic (exact) mass is 648 g/mol. The predicted octanol–water partition coefficient (Wildman–Crippen LogP) is 7.56. The van der Waals surface area contributed by atoms with Gasteiger partial charge in [-0.1, -0.05) is 91.0 Å². The standard InChI is InChI=1S/3C9H13O3P.2Al/c3*10-13(11,12)8-4-7-9-5-2-1-3-6-9;;/h3*1-3,5-6H,4,7-8H2,(H2,10,11,12);;/q;;;2*+3/p-6. The van der Waals surface area contributed by atoms with Gasteiger partial charge in [0, 0.05) is 18.5 Å². The van der Waals surface area contributed by atoms with Crippen LogP contribution in [0.2, 0.25) is 0 Å². The minimum absolute atomic E-state index is 0.0744. The van der Waals surface area contributed by atoms with Crippen LogP contribution in [0.4, 0.5) is 0 Å². The summed E-state index contributed by atoms with van der Waals surface area (Å²) in [6, 6.07) is 29.6. The first-order chi connectivity index (χ1) is 19.8. The van der Waals surface area contributed by atoms with E-state index in [0.717, 1.165) is 29.5 Å². The van der Waals surface area contributed by atoms with Gasteiger partial charge in [-0.05, 0) is 55.2 Å². The Bertz CT molecular complexity index is 1300. The molecule has 3 aromatic carbocycles. The van der Waals surface area contributed by atoms with Gasteiger partial charge in [0.05, 0.1) is 0 Å². The fraction of sp³-hybridized carbons (Fsp3) is 0.333. The van der Waals surface area contributed by atoms with E-state index < -0.39 is 53.1 Å². The number of hydrogen-bond donors (Lipinski definition) is 0. The average Bonchev–Trinajstić information content (AvgIpc) is 2.93. The van der Waals surface area contributed by atoms with E-state index in [0.29, 0.717) is 25.7 Å². The van der Waals surface area contributed by atoms with E-state index in [2.05, 4.69) is 0 Å². The van der Waals surface area contributed by atoms with Gasteiger partial charge in [0.25, 0.3) is 22.8 Å². The highest BCUT2D eigenvalue weighted by molar-refractivity contribution is 7.62. The molecular formula is C27H33Al2O9P3. The first kappa shape index (κ1) is 31.6. The quantitative estimate of drug-likeness (QED) is 0.115. The molecule has 0 spiro atoms. The molecule has 0 aromatic heterocycles. The summed E-state index contributed by atoms with van der Waals surface area (Å²) >= 11 is -5.85. The molecule has 0 aliphatic carbocycles. The fourth-order valence-electron chi connectivity index (χ4n) is 4.59. The highest BCUT2D eigenvalue weighted by Crippen LogP contribution is 2.65. The number of aryl methyl sites for hydroxylation is 3. The zero-order chi connectivity index (χ0) is 28.6. The Morgan fingerprint density at radius 2 is 0.902 bits per heavy atom. The summed E-state index contributed by atoms with van der Waals surface area (Å²) in [5, 5.41) is 0. The van der Waals surface area contributed by atoms with Crippen molar-refractivity contribution in [1.29, 1.82) is 0 Å². The van der Waals surface area contributed by atoms with Crippen molar-refractivity contribution in [2.75, 3.05) is 18.5 Å². The second kappa shape index (κ2) is 14.8. The molecule has 0 saturated carbocycles. The Balaban J connectivity index is 1.10. The van der Waals surface area contributed by atoms with Crippen LogP contribution in [0.15, 0.2) is 91.0 Å². The lowest BCUT2D eigenvalue weighted by atomic mass is 10.1. The minimum atomic E-state index is -3.78. The second-order valence-electron chi connectivity index (χ2n) is 9.98. The lowest BCUT2D eigenvalue weighted by molar-refractivity contribution is 0.174. The Morgan fingerprint density at radius 3 is 1.27 bits per heavy atom. The molecule has 0 N–H and O–H groups in total. The van der Waals surface area contributed by atoms with E-state index >= 15 is 0 Å². The number of hydrogen-bond acceptors (Lipinski definition) is 9. The second-order valence-corrected chi connectivity index (χ2v) is 21.2. The summed E-state index contributed by atoms with van der Waals surface area (Å²) in [4.78, 5) is 0. The molecule has 2 fully saturated rings. The summed E-state index contributed by atoms with van der Waals surface area (Å²) < 4.78 is 73.2. The van der Waals surface area contributed by atoms with Crippen LogP contribution in [0, 0.1) is 0 Å². The van der Waals surface area contributed by atoms with Crippen molar-refractivity contribution in [3.05, 3.63) is 108 Å². The van der Waals surface area contributed by atoms with Gasteiger partial charge in [-0.3, -0.25) is 13.7 Å². The van der Waals surface area contributed by atoms with Gasteiger partial charge in [0.2, 0.25) is 0 Å². The summed E-state index contributed by atoms with van der Waals surface area (Å²) in [7, 11) is -10.3. The molecule has 0 unspecified atom stereocenters. The van der Waals surface area contributed by atoms with Crippen LogP contribution in [0.1, 0.15) is 36.0 Å². The first-order valence-electron chi connectivity index (χ1n) is 13.8. The Morgan fingerprint density at radius 1 is 0.561 bits per heavy atom. The molecule has 5 rings (SSSR count). The van der Waals surface area contributed by atoms with Gasteiger partial charge in [-0.25, -0.2) is 0 Å². The van der Waals surface area contributed by atoms with Crippen molar-refractivity contribution in [3.8, 4) is 0 Å². The third-order valence-electron chi connectivity index (χ3n) is 6.70. The van der Waals surface area contributed by atoms with Crippen molar-refractivity contribution in [1.82, 2.24) is 0 Å². The summed E-state index contributed by atoms with van der Waals surface area (Å²) in [6.07, 6.45) is 4.51. The molecule has 0 radical (unpaired) electrons. The highest BCUT2D eigenvalue weighted by Gasteiger charge is 2.62. The molecule has 0 amide bonds. The van der Waals surface area contributed by atoms with Gasteiger partial charge in [-0.2, -0.15) is 0 Å². The third kappa shape index (κ3) is 9.84. The normalized spacial score (nSPS) is 17.6. The summed E-state index contributed by atoms with van der Waals surface area (Å²) in [5.41, 5.74) is 3.37. The van der Waals surface area contributed by atoms with Gasteiger partial charge in [0.1, 0.15) is 0 Å². The first-order valence-corrected chi connectivity index (χ1v) is 21.8. The van der Waals surface area contributed by atoms with Crippen LogP contribution in [-0.4, -0.2) is 48.8 Å². The van der Waals surface area contributed by atoms with E-state index in [-0.39, 0.29) is 18.5 Å². The SMILES string of the molecule is O=P1(CCCc2ccccc2)[O][Al]([O]P(=O)(CCCc2ccccc2)[O][Al]2[O]P(=O)(CCCc3ccccc3)[O]2)[O]1. The zero-order valence-corrected chi connectivity index (χ0v) is 27.7. The Labute approximate surface area is 251 Å². The van der Waals surface area contributed by atoms with E-state index in [4.69, 9.17) is 21.5 Å². The van der Waals surface area contributed by atoms with Crippen molar-refractivity contribution >= 4 is 53.1 Å². The lowest BCUT2D eigenvalue weighted by Gasteiger charge is -2.37. The van der Waals surface area contributed by atoms with Gasteiger partial charge >= 0.3 is 30.3 Å². The Kier molecular flexibility index (Phi) is 11.4. The van der Waals surface area contributed by atoms with Gasteiger partial charge in [0.15, 0.2) is 0 Å². The largest absolute Gasteiger partial charge is 0.926 e. The smallest absolute Gasteiger partial charge is 0.386 e. The van der Waals surface area contributed by atoms with Crippen molar-refractivity contribution in [2.24, 2.45) is 0 Å². The topological polar surface area (TPSA) is 107 Å². The van der Waals surface area contributed by atoms with E-state index in [1.807, 2.05) is 91.0 Å². The Hall–Kier alpha value is -0.825. The van der Waals surface area contributed by atoms with Crippen molar-refractivity contribution < 1.29 is 35.1 Å². The predicted molar refractivity (Wildman–Crippen MR) is 160 cm³/mol. The highest BCUT2D eigenvalue weighted by atomic mass is 31.2. The van der Waals surface area contributed by atoms with E-state index in [1.54, 1.807) is 0 Å². The van der Waals surface area contributed by atoms with Crippen molar-refractivity contribution in [2.45, 2.75) is 38.5 Å². The van der Waals surface area contributed by atoms with Crippen LogP contribution >= 0.6 is 22.8 Å². The van der Waals surface area contributed by atoms with Crippen LogP contribution in [0.3, 0.4) is 0 Å². The summed E-state index contributed by atoms with van der Waals surface area (Å²) in [6.45, 7) is 0. The molecule has 3 aromatic rings. The molecule has 41 heavy (non-hydrogen) atoms. The number of rotatable bonds is 16. The maximum atomic E-state index is 13.8. The van der Waals surface area contributed by atoms with Crippen LogP contribution in [-0.2, 0) is 54.4 Å². The maximum Gasteiger partial charge on any atom is 0.926 e. The summed E-state index contributed by atoms with van der Waals surface area (Å²) in [5.74, 6) is 0. The van der Waals surface area contributed by atoms with Crippen LogP contribution in [0.5, 0.6) is 0 Å². The van der Waals surface area contributed by atoms with E-state index in [1.165, 1.54) is 0 Å². The van der Waals surface area contributed by atoms with Crippen molar-refractivity contribution in [3.63, 3.8) is 0 Å². The molecule has 9 nitrogen and oxygen atoms in total. The van der Waals surface area contributed by atoms with Crippen LogP contribution < -0.4 is 0 Å². The van der Waals surface area contributed by atoms with Gasteiger partial charge < -0.3 is 21.5 Å². The van der Waals surface area contributed by atoms with Gasteiger partial charge in [-0.15, -0.1) is 0 Å². The minimum Gasteiger partial charge on any atom is -0.386 e. The number of benzene rings is 3. The molecule has 2 aliphatic rings. The lowest BCUT2D eigenvalue weighted by Crippen LogP contribution is -2.38. The molecule has 0 bridgehead atoms. The molecule has 2 saturated heterocycles. The maximum absolute atomic E-state index is 13.8. The molecular weight excluding hydrogens is 615 g/mol. The fourth-order valence-corrected chi connectivity index (χ4v) is 17.8. The zero-order valence-electron chi connectivity index (χ0n) is 22.7. The molecule has 216 valence electrons. The van der Waals surface area contributed by atoms with E-state index in [9.17, 15) is 13.7 Å². The average molecular weight is 648 g/mol. The van der Waals surface area contributed by atoms with Crippen LogP contribution in [0.25, 0.3) is 0 Å². The molecule has 14 heteroatoms. The molecule has 2 aliphatic heterocycles.